The number of hydrogen-bond acceptors (Lipinski definition) is 12. The first kappa shape index (κ1) is 41.8. The van der Waals surface area contributed by atoms with Crippen LogP contribution in [-0.4, -0.2) is 83.2 Å². The molecule has 0 saturated heterocycles. The fourth-order valence-corrected chi connectivity index (χ4v) is 5.03. The van der Waals surface area contributed by atoms with Gasteiger partial charge in [0.05, 0.1) is 0 Å². The van der Waals surface area contributed by atoms with E-state index in [1.807, 2.05) is 27.7 Å². The Morgan fingerprint density at radius 1 is 0.556 bits per heavy atom. The summed E-state index contributed by atoms with van der Waals surface area (Å²) in [4.78, 5) is 74.6. The molecule has 13 heteroatoms. The Labute approximate surface area is 277 Å². The molecule has 1 unspecified atom stereocenters. The summed E-state index contributed by atoms with van der Waals surface area (Å²) >= 11 is -2.94. The summed E-state index contributed by atoms with van der Waals surface area (Å²) in [5.74, 6) is -5.01. The molecule has 0 bridgehead atoms. The molecular weight excluding hydrogens is 695 g/mol. The first-order valence-electron chi connectivity index (χ1n) is 15.7. The van der Waals surface area contributed by atoms with Crippen LogP contribution >= 0.6 is 0 Å². The van der Waals surface area contributed by atoms with Gasteiger partial charge in [-0.3, -0.25) is 0 Å². The SMILES string of the molecule is CCCCCC(CC)(OC(=O)C=CC(=O)OCCCC)C(=CC(=O)[O][SnH2][O]C(=O)C=CC(=O)OCCCC)C(=O)OCCCC. The first-order valence-corrected chi connectivity index (χ1v) is 19.0. The van der Waals surface area contributed by atoms with Gasteiger partial charge in [-0.15, -0.1) is 0 Å². The van der Waals surface area contributed by atoms with Gasteiger partial charge in [-0.1, -0.05) is 13.3 Å². The van der Waals surface area contributed by atoms with Crippen LogP contribution in [0.25, 0.3) is 0 Å². The number of unbranched alkanes of at least 4 members (excludes halogenated alkanes) is 5. The molecule has 0 rings (SSSR count). The summed E-state index contributed by atoms with van der Waals surface area (Å²) in [7, 11) is 0. The first-order chi connectivity index (χ1) is 21.6. The van der Waals surface area contributed by atoms with Gasteiger partial charge in [0.2, 0.25) is 0 Å². The van der Waals surface area contributed by atoms with Crippen molar-refractivity contribution in [3.63, 3.8) is 0 Å². The van der Waals surface area contributed by atoms with E-state index in [1.54, 1.807) is 6.92 Å². The monoisotopic (exact) mass is 746 g/mol. The third kappa shape index (κ3) is 19.8. The Morgan fingerprint density at radius 2 is 1.02 bits per heavy atom. The fourth-order valence-electron chi connectivity index (χ4n) is 3.69. The van der Waals surface area contributed by atoms with Crippen molar-refractivity contribution in [1.82, 2.24) is 0 Å². The molecular formula is C32H50O12Sn. The zero-order chi connectivity index (χ0) is 33.9. The van der Waals surface area contributed by atoms with E-state index in [2.05, 4.69) is 0 Å². The molecule has 0 aliphatic rings. The van der Waals surface area contributed by atoms with Crippen LogP contribution in [0.15, 0.2) is 36.0 Å². The summed E-state index contributed by atoms with van der Waals surface area (Å²) in [6.45, 7) is 10.0. The maximum absolute atomic E-state index is 13.3. The molecule has 0 aromatic carbocycles. The molecule has 0 radical (unpaired) electrons. The van der Waals surface area contributed by atoms with E-state index >= 15 is 0 Å². The van der Waals surface area contributed by atoms with E-state index in [9.17, 15) is 28.8 Å². The molecule has 0 aromatic heterocycles. The summed E-state index contributed by atoms with van der Waals surface area (Å²) in [5.41, 5.74) is -1.79. The molecule has 0 aliphatic heterocycles. The van der Waals surface area contributed by atoms with Crippen LogP contribution < -0.4 is 0 Å². The van der Waals surface area contributed by atoms with Crippen molar-refractivity contribution in [3.8, 4) is 0 Å². The Balaban J connectivity index is 5.92. The van der Waals surface area contributed by atoms with Crippen molar-refractivity contribution in [2.75, 3.05) is 19.8 Å². The molecule has 12 nitrogen and oxygen atoms in total. The molecule has 254 valence electrons. The molecule has 0 amide bonds. The van der Waals surface area contributed by atoms with Crippen LogP contribution in [0.2, 0.25) is 0 Å². The molecule has 0 aromatic rings. The van der Waals surface area contributed by atoms with Crippen molar-refractivity contribution in [2.24, 2.45) is 0 Å². The predicted molar refractivity (Wildman–Crippen MR) is 168 cm³/mol. The topological polar surface area (TPSA) is 158 Å². The van der Waals surface area contributed by atoms with Gasteiger partial charge >= 0.3 is 259 Å². The summed E-state index contributed by atoms with van der Waals surface area (Å²) in [6.07, 6.45) is 11.4. The standard InChI is InChI=1S/C24H38O8.C8H12O4.Sn.2H/c1-5-9-12-15-24(8-4,19(18-20(25)26)23(29)31-17-11-7-3)32-22(28)14-13-21(27)30-16-10-6-2;1-2-3-6-12-8(11)5-4-7(9)10;;;/h13-14,18H,5-12,15-17H2,1-4H3,(H,25,26);4-5H,2-3,6H2,1H3,(H,9,10);;;/q;;+2;;/p-2. The predicted octanol–water partition coefficient (Wildman–Crippen LogP) is 4.41. The van der Waals surface area contributed by atoms with E-state index < -0.39 is 63.4 Å². The van der Waals surface area contributed by atoms with Crippen LogP contribution in [0.3, 0.4) is 0 Å². The van der Waals surface area contributed by atoms with E-state index in [0.29, 0.717) is 25.7 Å². The van der Waals surface area contributed by atoms with Gasteiger partial charge in [0.15, 0.2) is 0 Å². The quantitative estimate of drug-likeness (QED) is 0.0452. The van der Waals surface area contributed by atoms with E-state index in [1.165, 1.54) is 0 Å². The van der Waals surface area contributed by atoms with Gasteiger partial charge in [0, 0.05) is 0 Å². The third-order valence-corrected chi connectivity index (χ3v) is 8.65. The van der Waals surface area contributed by atoms with Crippen LogP contribution in [0.4, 0.5) is 0 Å². The molecule has 0 N–H and O–H groups in total. The van der Waals surface area contributed by atoms with E-state index in [4.69, 9.17) is 25.1 Å². The number of rotatable bonds is 24. The third-order valence-electron chi connectivity index (χ3n) is 6.35. The second-order valence-electron chi connectivity index (χ2n) is 10.0. The van der Waals surface area contributed by atoms with Gasteiger partial charge in [-0.05, 0) is 6.42 Å². The Kier molecular flexibility index (Phi) is 24.3. The van der Waals surface area contributed by atoms with Gasteiger partial charge in [-0.25, -0.2) is 0 Å². The number of carbonyl (C=O) groups is 6. The Hall–Kier alpha value is -3.16. The van der Waals surface area contributed by atoms with Crippen LogP contribution in [0, 0.1) is 0 Å². The van der Waals surface area contributed by atoms with Crippen molar-refractivity contribution >= 4 is 57.8 Å². The van der Waals surface area contributed by atoms with Gasteiger partial charge in [0.1, 0.15) is 0 Å². The van der Waals surface area contributed by atoms with Crippen molar-refractivity contribution in [1.29, 1.82) is 0 Å². The molecule has 1 atom stereocenters. The summed E-state index contributed by atoms with van der Waals surface area (Å²) < 4.78 is 31.3. The van der Waals surface area contributed by atoms with Crippen LogP contribution in [0.1, 0.15) is 105 Å². The normalized spacial score (nSPS) is 13.0. The summed E-state index contributed by atoms with van der Waals surface area (Å²) in [5, 5.41) is 0. The minimum absolute atomic E-state index is 0.0813. The van der Waals surface area contributed by atoms with Gasteiger partial charge in [0.25, 0.3) is 0 Å². The zero-order valence-corrected chi connectivity index (χ0v) is 31.4. The van der Waals surface area contributed by atoms with Gasteiger partial charge < -0.3 is 0 Å². The molecule has 0 spiro atoms. The number of hydrogen-bond donors (Lipinski definition) is 0. The number of carbonyl (C=O) groups excluding carboxylic acids is 6. The molecule has 0 fully saturated rings. The number of ether oxygens (including phenoxy) is 4. The molecule has 45 heavy (non-hydrogen) atoms. The average Bonchev–Trinajstić information content (AvgIpc) is 3.01. The maximum atomic E-state index is 13.3. The second-order valence-corrected chi connectivity index (χ2v) is 12.3. The Bertz CT molecular complexity index is 1030. The second kappa shape index (κ2) is 26.1. The van der Waals surface area contributed by atoms with E-state index in [0.717, 1.165) is 62.5 Å². The number of esters is 4. The zero-order valence-electron chi connectivity index (χ0n) is 27.4. The fraction of sp³-hybridized carbons (Fsp3) is 0.625. The van der Waals surface area contributed by atoms with Crippen LogP contribution in [-0.2, 0) is 53.9 Å². The van der Waals surface area contributed by atoms with Crippen molar-refractivity contribution < 1.29 is 53.9 Å². The van der Waals surface area contributed by atoms with E-state index in [-0.39, 0.29) is 38.2 Å². The van der Waals surface area contributed by atoms with Crippen molar-refractivity contribution in [2.45, 2.75) is 111 Å². The Morgan fingerprint density at radius 3 is 1.53 bits per heavy atom. The van der Waals surface area contributed by atoms with Gasteiger partial charge in [-0.2, -0.15) is 0 Å². The van der Waals surface area contributed by atoms with Crippen molar-refractivity contribution in [3.05, 3.63) is 36.0 Å². The minimum atomic E-state index is -2.94. The average molecular weight is 745 g/mol. The van der Waals surface area contributed by atoms with Crippen LogP contribution in [0.5, 0.6) is 0 Å². The molecule has 0 saturated carbocycles. The molecule has 0 heterocycles. The molecule has 0 aliphatic carbocycles. The summed E-state index contributed by atoms with van der Waals surface area (Å²) in [6, 6.07) is 0.